The standard InChI is InChI=1S/C20H26N2O2/c1-23-19-5-3-16(4-6-19)13-18-15-22(12-9-20(18)24-2)14-17-7-10-21-11-8-17/h3-8,10-11,18,20H,9,12-15H2,1-2H3/t18-,20-/m0/s1. The monoisotopic (exact) mass is 326 g/mol. The Labute approximate surface area is 144 Å². The zero-order chi connectivity index (χ0) is 16.8. The van der Waals surface area contributed by atoms with Crippen molar-refractivity contribution in [3.05, 3.63) is 59.9 Å². The van der Waals surface area contributed by atoms with E-state index in [-0.39, 0.29) is 0 Å². The minimum Gasteiger partial charge on any atom is -0.497 e. The molecule has 24 heavy (non-hydrogen) atoms. The number of rotatable bonds is 6. The van der Waals surface area contributed by atoms with Crippen molar-refractivity contribution in [1.82, 2.24) is 9.88 Å². The number of hydrogen-bond donors (Lipinski definition) is 0. The highest BCUT2D eigenvalue weighted by molar-refractivity contribution is 5.27. The summed E-state index contributed by atoms with van der Waals surface area (Å²) in [4.78, 5) is 6.63. The van der Waals surface area contributed by atoms with Crippen LogP contribution in [0.25, 0.3) is 0 Å². The van der Waals surface area contributed by atoms with Crippen LogP contribution in [0.3, 0.4) is 0 Å². The van der Waals surface area contributed by atoms with Crippen molar-refractivity contribution in [2.75, 3.05) is 27.3 Å². The van der Waals surface area contributed by atoms with Gasteiger partial charge in [0.1, 0.15) is 5.75 Å². The van der Waals surface area contributed by atoms with Crippen molar-refractivity contribution < 1.29 is 9.47 Å². The summed E-state index contributed by atoms with van der Waals surface area (Å²) in [6.07, 6.45) is 6.19. The van der Waals surface area contributed by atoms with Crippen LogP contribution in [0.1, 0.15) is 17.5 Å². The minimum absolute atomic E-state index is 0.334. The van der Waals surface area contributed by atoms with E-state index in [0.29, 0.717) is 12.0 Å². The maximum Gasteiger partial charge on any atom is 0.118 e. The van der Waals surface area contributed by atoms with E-state index in [2.05, 4.69) is 34.1 Å². The Morgan fingerprint density at radius 2 is 1.79 bits per heavy atom. The van der Waals surface area contributed by atoms with E-state index in [1.54, 1.807) is 7.11 Å². The Hall–Kier alpha value is -1.91. The van der Waals surface area contributed by atoms with Gasteiger partial charge < -0.3 is 9.47 Å². The highest BCUT2D eigenvalue weighted by Gasteiger charge is 2.29. The summed E-state index contributed by atoms with van der Waals surface area (Å²) in [5.41, 5.74) is 2.66. The molecule has 0 radical (unpaired) electrons. The minimum atomic E-state index is 0.334. The molecule has 0 N–H and O–H groups in total. The van der Waals surface area contributed by atoms with Crippen LogP contribution in [0.5, 0.6) is 5.75 Å². The Morgan fingerprint density at radius 1 is 1.04 bits per heavy atom. The number of nitrogens with zero attached hydrogens (tertiary/aromatic N) is 2. The SMILES string of the molecule is COc1ccc(C[C@H]2CN(Cc3ccncc3)CC[C@@H]2OC)cc1. The first-order valence-corrected chi connectivity index (χ1v) is 8.55. The molecule has 1 aliphatic heterocycles. The van der Waals surface area contributed by atoms with Crippen LogP contribution in [-0.4, -0.2) is 43.3 Å². The first-order chi connectivity index (χ1) is 11.8. The molecule has 0 aliphatic carbocycles. The van der Waals surface area contributed by atoms with E-state index in [1.165, 1.54) is 11.1 Å². The number of methoxy groups -OCH3 is 2. The summed E-state index contributed by atoms with van der Waals surface area (Å²) in [5, 5.41) is 0. The average Bonchev–Trinajstić information content (AvgIpc) is 2.63. The zero-order valence-corrected chi connectivity index (χ0v) is 14.5. The molecule has 1 saturated heterocycles. The largest absolute Gasteiger partial charge is 0.497 e. The van der Waals surface area contributed by atoms with Crippen molar-refractivity contribution in [3.8, 4) is 5.75 Å². The van der Waals surface area contributed by atoms with Crippen LogP contribution in [0.4, 0.5) is 0 Å². The third-order valence-corrected chi connectivity index (χ3v) is 4.86. The second-order valence-electron chi connectivity index (χ2n) is 6.47. The van der Waals surface area contributed by atoms with Crippen molar-refractivity contribution in [2.24, 2.45) is 5.92 Å². The second-order valence-corrected chi connectivity index (χ2v) is 6.47. The van der Waals surface area contributed by atoms with E-state index < -0.39 is 0 Å². The molecule has 1 aliphatic rings. The average molecular weight is 326 g/mol. The molecule has 1 aromatic carbocycles. The Bertz CT molecular complexity index is 615. The van der Waals surface area contributed by atoms with Gasteiger partial charge in [-0.3, -0.25) is 9.88 Å². The number of hydrogen-bond acceptors (Lipinski definition) is 4. The van der Waals surface area contributed by atoms with E-state index >= 15 is 0 Å². The van der Waals surface area contributed by atoms with Gasteiger partial charge in [-0.25, -0.2) is 0 Å². The molecule has 0 unspecified atom stereocenters. The zero-order valence-electron chi connectivity index (χ0n) is 14.5. The molecule has 3 rings (SSSR count). The highest BCUT2D eigenvalue weighted by atomic mass is 16.5. The molecular formula is C20H26N2O2. The van der Waals surface area contributed by atoms with Crippen LogP contribution in [0.2, 0.25) is 0 Å². The predicted octanol–water partition coefficient (Wildman–Crippen LogP) is 3.17. The van der Waals surface area contributed by atoms with Crippen molar-refractivity contribution in [1.29, 1.82) is 0 Å². The van der Waals surface area contributed by atoms with Gasteiger partial charge in [0.25, 0.3) is 0 Å². The number of aromatic nitrogens is 1. The van der Waals surface area contributed by atoms with Gasteiger partial charge in [-0.05, 0) is 48.2 Å². The Balaban J connectivity index is 1.64. The van der Waals surface area contributed by atoms with Gasteiger partial charge in [0.05, 0.1) is 13.2 Å². The smallest absolute Gasteiger partial charge is 0.118 e. The first kappa shape index (κ1) is 16.9. The summed E-state index contributed by atoms with van der Waals surface area (Å²) < 4.78 is 11.0. The van der Waals surface area contributed by atoms with E-state index in [4.69, 9.17) is 9.47 Å². The van der Waals surface area contributed by atoms with Crippen molar-refractivity contribution in [3.63, 3.8) is 0 Å². The highest BCUT2D eigenvalue weighted by Crippen LogP contribution is 2.25. The predicted molar refractivity (Wildman–Crippen MR) is 95.1 cm³/mol. The van der Waals surface area contributed by atoms with Gasteiger partial charge in [0.2, 0.25) is 0 Å². The number of piperidine rings is 1. The van der Waals surface area contributed by atoms with Crippen LogP contribution in [0.15, 0.2) is 48.8 Å². The van der Waals surface area contributed by atoms with E-state index in [0.717, 1.165) is 38.2 Å². The number of benzene rings is 1. The molecule has 0 saturated carbocycles. The lowest BCUT2D eigenvalue weighted by Crippen LogP contribution is -2.44. The Morgan fingerprint density at radius 3 is 2.46 bits per heavy atom. The molecular weight excluding hydrogens is 300 g/mol. The van der Waals surface area contributed by atoms with Gasteiger partial charge in [0.15, 0.2) is 0 Å². The fraction of sp³-hybridized carbons (Fsp3) is 0.450. The number of likely N-dealkylation sites (tertiary alicyclic amines) is 1. The third kappa shape index (κ3) is 4.34. The molecule has 1 aromatic heterocycles. The molecule has 1 fully saturated rings. The normalized spacial score (nSPS) is 21.6. The molecule has 0 spiro atoms. The van der Waals surface area contributed by atoms with Crippen LogP contribution in [-0.2, 0) is 17.7 Å². The fourth-order valence-corrected chi connectivity index (χ4v) is 3.55. The van der Waals surface area contributed by atoms with E-state index in [1.807, 2.05) is 31.6 Å². The molecule has 4 heteroatoms. The molecule has 4 nitrogen and oxygen atoms in total. The van der Waals surface area contributed by atoms with Crippen molar-refractivity contribution >= 4 is 0 Å². The summed E-state index contributed by atoms with van der Waals surface area (Å²) in [6.45, 7) is 3.13. The van der Waals surface area contributed by atoms with Crippen LogP contribution in [0, 0.1) is 5.92 Å². The number of pyridine rings is 1. The maximum absolute atomic E-state index is 5.76. The lowest BCUT2D eigenvalue weighted by molar-refractivity contribution is -0.00849. The molecule has 2 atom stereocenters. The third-order valence-electron chi connectivity index (χ3n) is 4.86. The van der Waals surface area contributed by atoms with Crippen LogP contribution < -0.4 is 4.74 Å². The summed E-state index contributed by atoms with van der Waals surface area (Å²) in [7, 11) is 3.54. The maximum atomic E-state index is 5.76. The summed E-state index contributed by atoms with van der Waals surface area (Å²) >= 11 is 0. The molecule has 128 valence electrons. The van der Waals surface area contributed by atoms with Gasteiger partial charge in [-0.2, -0.15) is 0 Å². The van der Waals surface area contributed by atoms with Gasteiger partial charge in [-0.1, -0.05) is 12.1 Å². The molecule has 2 heterocycles. The summed E-state index contributed by atoms with van der Waals surface area (Å²) in [6, 6.07) is 12.6. The molecule has 0 bridgehead atoms. The summed E-state index contributed by atoms with van der Waals surface area (Å²) in [5.74, 6) is 1.42. The van der Waals surface area contributed by atoms with Gasteiger partial charge in [-0.15, -0.1) is 0 Å². The van der Waals surface area contributed by atoms with Crippen LogP contribution >= 0.6 is 0 Å². The molecule has 0 amide bonds. The first-order valence-electron chi connectivity index (χ1n) is 8.55. The van der Waals surface area contributed by atoms with Gasteiger partial charge in [0, 0.05) is 45.1 Å². The van der Waals surface area contributed by atoms with Crippen molar-refractivity contribution in [2.45, 2.75) is 25.5 Å². The lowest BCUT2D eigenvalue weighted by atomic mass is 9.88. The molecule has 2 aromatic rings. The lowest BCUT2D eigenvalue weighted by Gasteiger charge is -2.38. The van der Waals surface area contributed by atoms with E-state index in [9.17, 15) is 0 Å². The topological polar surface area (TPSA) is 34.6 Å². The Kier molecular flexibility index (Phi) is 5.83. The van der Waals surface area contributed by atoms with Gasteiger partial charge >= 0.3 is 0 Å². The quantitative estimate of drug-likeness (QED) is 0.817. The second kappa shape index (κ2) is 8.27. The number of ether oxygens (including phenoxy) is 2. The fourth-order valence-electron chi connectivity index (χ4n) is 3.55.